The van der Waals surface area contributed by atoms with E-state index in [1.165, 1.54) is 0 Å². The second-order valence-electron chi connectivity index (χ2n) is 4.25. The van der Waals surface area contributed by atoms with E-state index in [1.54, 1.807) is 30.5 Å². The van der Waals surface area contributed by atoms with Gasteiger partial charge in [-0.1, -0.05) is 30.3 Å². The maximum absolute atomic E-state index is 11.3. The Hall–Kier alpha value is -2.43. The number of hydrogen-bond donors (Lipinski definition) is 2. The molecule has 0 aliphatic rings. The van der Waals surface area contributed by atoms with Gasteiger partial charge < -0.3 is 10.4 Å². The van der Waals surface area contributed by atoms with Gasteiger partial charge in [0.25, 0.3) is 0 Å². The smallest absolute Gasteiger partial charge is 0.330 e. The third kappa shape index (κ3) is 3.07. The van der Waals surface area contributed by atoms with Crippen molar-refractivity contribution in [3.05, 3.63) is 53.5 Å². The second-order valence-corrected chi connectivity index (χ2v) is 4.25. The molecular weight excluding hydrogens is 242 g/mol. The molecule has 0 bridgehead atoms. The van der Waals surface area contributed by atoms with E-state index >= 15 is 0 Å². The predicted molar refractivity (Wildman–Crippen MR) is 71.9 cm³/mol. The molecule has 2 aromatic rings. The minimum atomic E-state index is -0.953. The number of carbonyl (C=O) groups is 1. The molecule has 0 radical (unpaired) electrons. The number of aryl methyl sites for hydroxylation is 2. The maximum Gasteiger partial charge on any atom is 0.330 e. The van der Waals surface area contributed by atoms with Gasteiger partial charge in [0.1, 0.15) is 5.82 Å². The Kier molecular flexibility index (Phi) is 3.75. The number of carboxylic acids is 1. The summed E-state index contributed by atoms with van der Waals surface area (Å²) in [6, 6.07) is 8.15. The quantitative estimate of drug-likeness (QED) is 0.879. The molecule has 1 unspecified atom stereocenters. The number of aliphatic carboxylic acids is 1. The molecule has 0 fully saturated rings. The van der Waals surface area contributed by atoms with Gasteiger partial charge in [-0.3, -0.25) is 4.98 Å². The monoisotopic (exact) mass is 257 g/mol. The summed E-state index contributed by atoms with van der Waals surface area (Å²) in [7, 11) is 0. The van der Waals surface area contributed by atoms with E-state index in [-0.39, 0.29) is 0 Å². The van der Waals surface area contributed by atoms with Gasteiger partial charge in [-0.15, -0.1) is 0 Å². The maximum atomic E-state index is 11.3. The van der Waals surface area contributed by atoms with Gasteiger partial charge in [0.2, 0.25) is 0 Å². The first-order valence-corrected chi connectivity index (χ1v) is 5.92. The zero-order chi connectivity index (χ0) is 13.8. The number of nitrogens with one attached hydrogen (secondary N) is 1. The Balaban J connectivity index is 2.27. The molecule has 1 atom stereocenters. The fraction of sp³-hybridized carbons (Fsp3) is 0.214. The summed E-state index contributed by atoms with van der Waals surface area (Å²) < 4.78 is 0. The van der Waals surface area contributed by atoms with Crippen molar-refractivity contribution in [2.75, 3.05) is 5.32 Å². The molecule has 98 valence electrons. The number of aromatic nitrogens is 2. The lowest BCUT2D eigenvalue weighted by Crippen LogP contribution is -2.21. The zero-order valence-electron chi connectivity index (χ0n) is 10.8. The standard InChI is InChI=1S/C14H15N3O2/c1-9-10(2)16-12(8-15-9)17-13(14(18)19)11-6-4-3-5-7-11/h3-8,13H,1-2H3,(H,16,17)(H,18,19). The second kappa shape index (κ2) is 5.48. The molecular formula is C14H15N3O2. The van der Waals surface area contributed by atoms with Crippen LogP contribution in [-0.2, 0) is 4.79 Å². The summed E-state index contributed by atoms with van der Waals surface area (Å²) >= 11 is 0. The lowest BCUT2D eigenvalue weighted by atomic mass is 10.1. The van der Waals surface area contributed by atoms with E-state index in [4.69, 9.17) is 0 Å². The molecule has 1 heterocycles. The van der Waals surface area contributed by atoms with Crippen LogP contribution in [0.15, 0.2) is 36.5 Å². The van der Waals surface area contributed by atoms with Crippen LogP contribution in [0.2, 0.25) is 0 Å². The van der Waals surface area contributed by atoms with Crippen molar-refractivity contribution in [1.82, 2.24) is 9.97 Å². The van der Waals surface area contributed by atoms with Crippen LogP contribution in [-0.4, -0.2) is 21.0 Å². The molecule has 0 saturated heterocycles. The summed E-state index contributed by atoms with van der Waals surface area (Å²) in [6.07, 6.45) is 1.54. The number of carboxylic acid groups (broad SMARTS) is 1. The van der Waals surface area contributed by atoms with E-state index in [0.717, 1.165) is 11.4 Å². The van der Waals surface area contributed by atoms with Crippen LogP contribution < -0.4 is 5.32 Å². The fourth-order valence-corrected chi connectivity index (χ4v) is 1.69. The Labute approximate surface area is 111 Å². The third-order valence-corrected chi connectivity index (χ3v) is 2.86. The van der Waals surface area contributed by atoms with Gasteiger partial charge in [0.05, 0.1) is 17.6 Å². The molecule has 2 rings (SSSR count). The van der Waals surface area contributed by atoms with Gasteiger partial charge in [-0.2, -0.15) is 0 Å². The van der Waals surface area contributed by atoms with E-state index in [9.17, 15) is 9.90 Å². The Morgan fingerprint density at radius 2 is 1.89 bits per heavy atom. The average Bonchev–Trinajstić information content (AvgIpc) is 2.40. The summed E-state index contributed by atoms with van der Waals surface area (Å²) in [6.45, 7) is 3.70. The molecule has 0 spiro atoms. The molecule has 1 aromatic carbocycles. The highest BCUT2D eigenvalue weighted by Crippen LogP contribution is 2.18. The molecule has 2 N–H and O–H groups in total. The molecule has 1 aromatic heterocycles. The fourth-order valence-electron chi connectivity index (χ4n) is 1.69. The first-order valence-electron chi connectivity index (χ1n) is 5.92. The van der Waals surface area contributed by atoms with E-state index in [1.807, 2.05) is 19.9 Å². The normalized spacial score (nSPS) is 11.9. The molecule has 19 heavy (non-hydrogen) atoms. The summed E-state index contributed by atoms with van der Waals surface area (Å²) in [5.74, 6) is -0.495. The van der Waals surface area contributed by atoms with Crippen LogP contribution in [0.5, 0.6) is 0 Å². The van der Waals surface area contributed by atoms with Crippen LogP contribution in [0.4, 0.5) is 5.82 Å². The van der Waals surface area contributed by atoms with Crippen LogP contribution in [0, 0.1) is 13.8 Å². The number of benzene rings is 1. The van der Waals surface area contributed by atoms with Crippen molar-refractivity contribution in [2.45, 2.75) is 19.9 Å². The Morgan fingerprint density at radius 3 is 2.47 bits per heavy atom. The summed E-state index contributed by atoms with van der Waals surface area (Å²) in [5.41, 5.74) is 2.29. The molecule has 0 aliphatic heterocycles. The minimum Gasteiger partial charge on any atom is -0.479 e. The van der Waals surface area contributed by atoms with Crippen molar-refractivity contribution in [1.29, 1.82) is 0 Å². The van der Waals surface area contributed by atoms with Crippen molar-refractivity contribution >= 4 is 11.8 Å². The van der Waals surface area contributed by atoms with Gasteiger partial charge in [-0.05, 0) is 19.4 Å². The minimum absolute atomic E-state index is 0.458. The van der Waals surface area contributed by atoms with Crippen molar-refractivity contribution in [3.63, 3.8) is 0 Å². The van der Waals surface area contributed by atoms with Crippen molar-refractivity contribution in [2.24, 2.45) is 0 Å². The van der Waals surface area contributed by atoms with Crippen LogP contribution in [0.1, 0.15) is 23.0 Å². The highest BCUT2D eigenvalue weighted by Gasteiger charge is 2.19. The average molecular weight is 257 g/mol. The van der Waals surface area contributed by atoms with Gasteiger partial charge >= 0.3 is 5.97 Å². The van der Waals surface area contributed by atoms with Gasteiger partial charge in [0, 0.05) is 0 Å². The van der Waals surface area contributed by atoms with Crippen molar-refractivity contribution in [3.8, 4) is 0 Å². The van der Waals surface area contributed by atoms with Gasteiger partial charge in [0.15, 0.2) is 6.04 Å². The third-order valence-electron chi connectivity index (χ3n) is 2.86. The highest BCUT2D eigenvalue weighted by atomic mass is 16.4. The molecule has 0 amide bonds. The van der Waals surface area contributed by atoms with Gasteiger partial charge in [-0.25, -0.2) is 9.78 Å². The highest BCUT2D eigenvalue weighted by molar-refractivity contribution is 5.78. The number of anilines is 1. The van der Waals surface area contributed by atoms with E-state index in [2.05, 4.69) is 15.3 Å². The van der Waals surface area contributed by atoms with Crippen LogP contribution in [0.25, 0.3) is 0 Å². The zero-order valence-corrected chi connectivity index (χ0v) is 10.8. The number of hydrogen-bond acceptors (Lipinski definition) is 4. The summed E-state index contributed by atoms with van der Waals surface area (Å²) in [4.78, 5) is 19.8. The van der Waals surface area contributed by atoms with E-state index < -0.39 is 12.0 Å². The SMILES string of the molecule is Cc1ncc(NC(C(=O)O)c2ccccc2)nc1C. The molecule has 5 nitrogen and oxygen atoms in total. The lowest BCUT2D eigenvalue weighted by molar-refractivity contribution is -0.138. The first-order chi connectivity index (χ1) is 9.08. The summed E-state index contributed by atoms with van der Waals surface area (Å²) in [5, 5.41) is 12.2. The van der Waals surface area contributed by atoms with Crippen LogP contribution in [0.3, 0.4) is 0 Å². The molecule has 0 saturated carbocycles. The Bertz CT molecular complexity index is 584. The van der Waals surface area contributed by atoms with Crippen molar-refractivity contribution < 1.29 is 9.90 Å². The topological polar surface area (TPSA) is 75.1 Å². The first kappa shape index (κ1) is 13.0. The molecule has 5 heteroatoms. The van der Waals surface area contributed by atoms with Crippen LogP contribution >= 0.6 is 0 Å². The largest absolute Gasteiger partial charge is 0.479 e. The molecule has 0 aliphatic carbocycles. The number of rotatable bonds is 4. The lowest BCUT2D eigenvalue weighted by Gasteiger charge is -2.15. The number of nitrogens with zero attached hydrogens (tertiary/aromatic N) is 2. The predicted octanol–water partition coefficient (Wildman–Crippen LogP) is 2.33. The van der Waals surface area contributed by atoms with E-state index in [0.29, 0.717) is 11.4 Å². The Morgan fingerprint density at radius 1 is 1.21 bits per heavy atom.